The summed E-state index contributed by atoms with van der Waals surface area (Å²) in [5, 5.41) is 10.9. The lowest BCUT2D eigenvalue weighted by Gasteiger charge is -2.12. The molecule has 172 valence electrons. The van der Waals surface area contributed by atoms with Gasteiger partial charge in [0.2, 0.25) is 0 Å². The quantitative estimate of drug-likeness (QED) is 0.255. The molecule has 0 bridgehead atoms. The number of methoxy groups -OCH3 is 1. The summed E-state index contributed by atoms with van der Waals surface area (Å²) in [5.41, 5.74) is 2.27. The van der Waals surface area contributed by atoms with E-state index in [-0.39, 0.29) is 45.7 Å². The Morgan fingerprint density at radius 2 is 1.88 bits per heavy atom. The van der Waals surface area contributed by atoms with Crippen LogP contribution >= 0.6 is 11.8 Å². The van der Waals surface area contributed by atoms with Gasteiger partial charge in [0.05, 0.1) is 23.5 Å². The Bertz CT molecular complexity index is 1310. The number of aryl methyl sites for hydroxylation is 1. The molecule has 2 heterocycles. The summed E-state index contributed by atoms with van der Waals surface area (Å²) in [7, 11) is 1.42. The van der Waals surface area contributed by atoms with Gasteiger partial charge in [-0.2, -0.15) is 0 Å². The number of carbonyl (C=O) groups excluding carboxylic acids is 2. The Balaban J connectivity index is 1.55. The van der Waals surface area contributed by atoms with Gasteiger partial charge in [0.25, 0.3) is 17.0 Å². The van der Waals surface area contributed by atoms with E-state index in [1.54, 1.807) is 24.3 Å². The van der Waals surface area contributed by atoms with E-state index in [4.69, 9.17) is 9.47 Å². The highest BCUT2D eigenvalue weighted by molar-refractivity contribution is 8.18. The largest absolute Gasteiger partial charge is 0.493 e. The highest BCUT2D eigenvalue weighted by Gasteiger charge is 2.35. The van der Waals surface area contributed by atoms with Crippen LogP contribution in [0.15, 0.2) is 65.7 Å². The predicted octanol–water partition coefficient (Wildman–Crippen LogP) is 5.34. The van der Waals surface area contributed by atoms with Crippen LogP contribution in [0.5, 0.6) is 17.4 Å². The van der Waals surface area contributed by atoms with E-state index in [0.29, 0.717) is 5.56 Å². The zero-order valence-electron chi connectivity index (χ0n) is 18.3. The SMILES string of the molecule is COc1cc(/C=C2\SC(=O)N(Cc3ccc(C)cc3)C2=O)ccc1Oc1ncccc1[N+](=O)[O-]. The second-order valence-corrected chi connectivity index (χ2v) is 8.34. The van der Waals surface area contributed by atoms with Crippen molar-refractivity contribution in [2.45, 2.75) is 13.5 Å². The lowest BCUT2D eigenvalue weighted by molar-refractivity contribution is -0.386. The highest BCUT2D eigenvalue weighted by Crippen LogP contribution is 2.37. The smallest absolute Gasteiger partial charge is 0.331 e. The van der Waals surface area contributed by atoms with Crippen LogP contribution in [0.2, 0.25) is 0 Å². The lowest BCUT2D eigenvalue weighted by atomic mass is 10.1. The fourth-order valence-electron chi connectivity index (χ4n) is 3.23. The van der Waals surface area contributed by atoms with Crippen molar-refractivity contribution in [3.8, 4) is 17.4 Å². The molecule has 2 aromatic carbocycles. The van der Waals surface area contributed by atoms with Crippen molar-refractivity contribution in [3.05, 3.63) is 92.5 Å². The van der Waals surface area contributed by atoms with Gasteiger partial charge in [-0.3, -0.25) is 24.6 Å². The summed E-state index contributed by atoms with van der Waals surface area (Å²) in [6.07, 6.45) is 2.98. The zero-order valence-corrected chi connectivity index (χ0v) is 19.1. The molecule has 9 nitrogen and oxygen atoms in total. The molecule has 2 amide bonds. The molecule has 0 atom stereocenters. The monoisotopic (exact) mass is 477 g/mol. The molecule has 0 saturated carbocycles. The van der Waals surface area contributed by atoms with E-state index in [2.05, 4.69) is 4.98 Å². The second-order valence-electron chi connectivity index (χ2n) is 7.35. The van der Waals surface area contributed by atoms with Crippen LogP contribution in [0.4, 0.5) is 10.5 Å². The lowest BCUT2D eigenvalue weighted by Crippen LogP contribution is -2.27. The van der Waals surface area contributed by atoms with Gasteiger partial charge in [-0.25, -0.2) is 4.98 Å². The molecule has 1 aliphatic rings. The Labute approximate surface area is 199 Å². The van der Waals surface area contributed by atoms with Gasteiger partial charge in [0.15, 0.2) is 11.5 Å². The third-order valence-electron chi connectivity index (χ3n) is 4.97. The minimum Gasteiger partial charge on any atom is -0.493 e. The maximum atomic E-state index is 12.8. The standard InChI is InChI=1S/C24H19N3O6S/c1-15-5-7-16(8-6-15)14-26-23(28)21(34-24(26)29)13-17-9-10-19(20(12-17)32-2)33-22-18(27(30)31)4-3-11-25-22/h3-13H,14H2,1-2H3/b21-13-. The molecule has 3 aromatic rings. The van der Waals surface area contributed by atoms with Crippen LogP contribution in [-0.2, 0) is 11.3 Å². The van der Waals surface area contributed by atoms with Crippen molar-refractivity contribution in [1.29, 1.82) is 0 Å². The molecule has 1 aliphatic heterocycles. The number of amides is 2. The average molecular weight is 477 g/mol. The molecule has 4 rings (SSSR count). The molecule has 0 aliphatic carbocycles. The maximum Gasteiger partial charge on any atom is 0.331 e. The molecule has 0 radical (unpaired) electrons. The van der Waals surface area contributed by atoms with E-state index in [9.17, 15) is 19.7 Å². The van der Waals surface area contributed by atoms with E-state index in [1.807, 2.05) is 31.2 Å². The Morgan fingerprint density at radius 3 is 2.59 bits per heavy atom. The molecule has 0 spiro atoms. The number of hydrogen-bond acceptors (Lipinski definition) is 8. The predicted molar refractivity (Wildman–Crippen MR) is 127 cm³/mol. The number of nitrogens with zero attached hydrogens (tertiary/aromatic N) is 3. The molecule has 10 heteroatoms. The van der Waals surface area contributed by atoms with Crippen LogP contribution in [-0.4, -0.2) is 33.1 Å². The fraction of sp³-hybridized carbons (Fsp3) is 0.125. The minimum absolute atomic E-state index is 0.171. The van der Waals surface area contributed by atoms with E-state index in [1.165, 1.54) is 30.3 Å². The van der Waals surface area contributed by atoms with Gasteiger partial charge >= 0.3 is 5.69 Å². The van der Waals surface area contributed by atoms with Gasteiger partial charge < -0.3 is 9.47 Å². The Kier molecular flexibility index (Phi) is 6.60. The highest BCUT2D eigenvalue weighted by atomic mass is 32.2. The van der Waals surface area contributed by atoms with Crippen LogP contribution in [0.3, 0.4) is 0 Å². The van der Waals surface area contributed by atoms with Crippen molar-refractivity contribution in [3.63, 3.8) is 0 Å². The molecule has 0 unspecified atom stereocenters. The topological polar surface area (TPSA) is 112 Å². The second kappa shape index (κ2) is 9.75. The van der Waals surface area contributed by atoms with Gasteiger partial charge in [0, 0.05) is 12.3 Å². The van der Waals surface area contributed by atoms with Crippen molar-refractivity contribution in [1.82, 2.24) is 9.88 Å². The number of ether oxygens (including phenoxy) is 2. The third-order valence-corrected chi connectivity index (χ3v) is 5.88. The third kappa shape index (κ3) is 4.91. The van der Waals surface area contributed by atoms with Crippen molar-refractivity contribution in [2.75, 3.05) is 7.11 Å². The molecule has 1 aromatic heterocycles. The van der Waals surface area contributed by atoms with E-state index in [0.717, 1.165) is 22.9 Å². The summed E-state index contributed by atoms with van der Waals surface area (Å²) >= 11 is 0.866. The van der Waals surface area contributed by atoms with Crippen LogP contribution in [0.25, 0.3) is 6.08 Å². The fourth-order valence-corrected chi connectivity index (χ4v) is 4.06. The first-order chi connectivity index (χ1) is 16.4. The van der Waals surface area contributed by atoms with Crippen molar-refractivity contribution in [2.24, 2.45) is 0 Å². The Hall–Kier alpha value is -4.18. The van der Waals surface area contributed by atoms with Gasteiger partial charge in [-0.05, 0) is 54.1 Å². The molecule has 1 fully saturated rings. The number of pyridine rings is 1. The number of rotatable bonds is 7. The Morgan fingerprint density at radius 1 is 1.12 bits per heavy atom. The number of thioether (sulfide) groups is 1. The first-order valence-electron chi connectivity index (χ1n) is 10.1. The van der Waals surface area contributed by atoms with Crippen molar-refractivity contribution < 1.29 is 24.0 Å². The first kappa shape index (κ1) is 23.0. The van der Waals surface area contributed by atoms with Crippen LogP contribution in [0.1, 0.15) is 16.7 Å². The number of imide groups is 1. The maximum absolute atomic E-state index is 12.8. The van der Waals surface area contributed by atoms with Crippen molar-refractivity contribution >= 4 is 34.7 Å². The normalized spacial score (nSPS) is 14.5. The summed E-state index contributed by atoms with van der Waals surface area (Å²) in [6.45, 7) is 2.16. The zero-order chi connectivity index (χ0) is 24.2. The number of benzene rings is 2. The molecular weight excluding hydrogens is 458 g/mol. The van der Waals surface area contributed by atoms with E-state index >= 15 is 0 Å². The summed E-state index contributed by atoms with van der Waals surface area (Å²) in [5.74, 6) is -0.0451. The van der Waals surface area contributed by atoms with Crippen LogP contribution in [0, 0.1) is 17.0 Å². The number of nitro groups is 1. The number of hydrogen-bond donors (Lipinski definition) is 0. The van der Waals surface area contributed by atoms with Gasteiger partial charge in [-0.15, -0.1) is 0 Å². The average Bonchev–Trinajstić information content (AvgIpc) is 3.08. The first-order valence-corrected chi connectivity index (χ1v) is 10.9. The molecule has 1 saturated heterocycles. The van der Waals surface area contributed by atoms with Gasteiger partial charge in [0.1, 0.15) is 0 Å². The van der Waals surface area contributed by atoms with Gasteiger partial charge in [-0.1, -0.05) is 35.9 Å². The van der Waals surface area contributed by atoms with E-state index < -0.39 is 4.92 Å². The molecular formula is C24H19N3O6S. The number of carbonyl (C=O) groups is 2. The summed E-state index contributed by atoms with van der Waals surface area (Å²) in [4.78, 5) is 41.3. The van der Waals surface area contributed by atoms with Crippen LogP contribution < -0.4 is 9.47 Å². The minimum atomic E-state index is -0.587. The molecule has 34 heavy (non-hydrogen) atoms. The number of aromatic nitrogens is 1. The molecule has 0 N–H and O–H groups in total. The summed E-state index contributed by atoms with van der Waals surface area (Å²) in [6, 6.07) is 15.2. The summed E-state index contributed by atoms with van der Waals surface area (Å²) < 4.78 is 11.0.